The summed E-state index contributed by atoms with van der Waals surface area (Å²) in [7, 11) is 0. The van der Waals surface area contributed by atoms with E-state index in [4.69, 9.17) is 21.7 Å². The maximum absolute atomic E-state index is 12.3. The van der Waals surface area contributed by atoms with Crippen LogP contribution < -0.4 is 22.1 Å². The number of hydrogen-bond donors (Lipinski definition) is 6. The van der Waals surface area contributed by atoms with Crippen LogP contribution in [-0.4, -0.2) is 58.0 Å². The Morgan fingerprint density at radius 3 is 1.81 bits per heavy atom. The summed E-state index contributed by atoms with van der Waals surface area (Å²) in [6.07, 6.45) is -1.17. The summed E-state index contributed by atoms with van der Waals surface area (Å²) in [6.45, 7) is 3.41. The second-order valence-corrected chi connectivity index (χ2v) is 6.17. The highest BCUT2D eigenvalue weighted by Crippen LogP contribution is 2.05. The first kappa shape index (κ1) is 23.3. The number of carboxylic acids is 2. The summed E-state index contributed by atoms with van der Waals surface area (Å²) in [5.74, 6) is -5.05. The van der Waals surface area contributed by atoms with Crippen molar-refractivity contribution in [2.24, 2.45) is 17.4 Å². The second kappa shape index (κ2) is 11.0. The van der Waals surface area contributed by atoms with Crippen molar-refractivity contribution >= 4 is 29.7 Å². The number of amides is 3. The van der Waals surface area contributed by atoms with Crippen molar-refractivity contribution in [2.75, 3.05) is 0 Å². The first-order valence-corrected chi connectivity index (χ1v) is 8.04. The zero-order valence-corrected chi connectivity index (χ0v) is 14.7. The Balaban J connectivity index is 5.11. The van der Waals surface area contributed by atoms with Gasteiger partial charge in [-0.25, -0.2) is 4.79 Å². The van der Waals surface area contributed by atoms with Gasteiger partial charge in [0.1, 0.15) is 12.1 Å². The second-order valence-electron chi connectivity index (χ2n) is 6.17. The molecule has 3 atom stereocenters. The fourth-order valence-electron chi connectivity index (χ4n) is 1.92. The molecule has 0 aliphatic heterocycles. The van der Waals surface area contributed by atoms with Gasteiger partial charge in [0, 0.05) is 12.8 Å². The average Bonchev–Trinajstić information content (AvgIpc) is 2.53. The highest BCUT2D eigenvalue weighted by atomic mass is 16.4. The molecule has 0 unspecified atom stereocenters. The van der Waals surface area contributed by atoms with Crippen LogP contribution in [0.3, 0.4) is 0 Å². The SMILES string of the molecule is CC(C)[C@H](N)C(=O)N[C@@H](CCC(N)=O)C(=O)N[C@@H](CCC(=O)O)C(=O)O. The Bertz CT molecular complexity index is 550. The largest absolute Gasteiger partial charge is 0.481 e. The van der Waals surface area contributed by atoms with Gasteiger partial charge in [0.05, 0.1) is 6.04 Å². The van der Waals surface area contributed by atoms with Gasteiger partial charge >= 0.3 is 11.9 Å². The molecule has 0 saturated carbocycles. The fraction of sp³-hybridized carbons (Fsp3) is 0.667. The van der Waals surface area contributed by atoms with Crippen molar-refractivity contribution in [3.63, 3.8) is 0 Å². The molecule has 0 radical (unpaired) electrons. The Morgan fingerprint density at radius 2 is 1.38 bits per heavy atom. The lowest BCUT2D eigenvalue weighted by molar-refractivity contribution is -0.143. The third kappa shape index (κ3) is 8.97. The molecule has 0 aromatic heterocycles. The molecule has 8 N–H and O–H groups in total. The smallest absolute Gasteiger partial charge is 0.326 e. The number of carbonyl (C=O) groups is 5. The van der Waals surface area contributed by atoms with Gasteiger partial charge in [0.25, 0.3) is 0 Å². The molecule has 0 fully saturated rings. The minimum atomic E-state index is -1.45. The van der Waals surface area contributed by atoms with E-state index in [0.29, 0.717) is 0 Å². The molecule has 0 rings (SSSR count). The number of carboxylic acid groups (broad SMARTS) is 2. The maximum Gasteiger partial charge on any atom is 0.326 e. The predicted molar refractivity (Wildman–Crippen MR) is 89.6 cm³/mol. The molecule has 0 aliphatic carbocycles. The predicted octanol–water partition coefficient (Wildman–Crippen LogP) is -1.85. The summed E-state index contributed by atoms with van der Waals surface area (Å²) in [4.78, 5) is 57.1. The molecule has 26 heavy (non-hydrogen) atoms. The lowest BCUT2D eigenvalue weighted by atomic mass is 10.0. The van der Waals surface area contributed by atoms with E-state index in [0.717, 1.165) is 0 Å². The van der Waals surface area contributed by atoms with Crippen molar-refractivity contribution in [1.82, 2.24) is 10.6 Å². The van der Waals surface area contributed by atoms with Crippen LogP contribution in [0.25, 0.3) is 0 Å². The van der Waals surface area contributed by atoms with Crippen LogP contribution in [0.1, 0.15) is 39.5 Å². The number of hydrogen-bond acceptors (Lipinski definition) is 6. The lowest BCUT2D eigenvalue weighted by Crippen LogP contribution is -2.55. The Morgan fingerprint density at radius 1 is 0.885 bits per heavy atom. The van der Waals surface area contributed by atoms with Crippen LogP contribution in [0, 0.1) is 5.92 Å². The number of rotatable bonds is 12. The van der Waals surface area contributed by atoms with Crippen molar-refractivity contribution in [3.05, 3.63) is 0 Å². The zero-order chi connectivity index (χ0) is 20.4. The van der Waals surface area contributed by atoms with E-state index in [1.165, 1.54) is 0 Å². The number of carbonyl (C=O) groups excluding carboxylic acids is 3. The zero-order valence-electron chi connectivity index (χ0n) is 14.7. The van der Waals surface area contributed by atoms with E-state index < -0.39 is 54.2 Å². The molecular weight excluding hydrogens is 348 g/mol. The minimum absolute atomic E-state index is 0.150. The van der Waals surface area contributed by atoms with E-state index >= 15 is 0 Å². The first-order valence-electron chi connectivity index (χ1n) is 8.04. The molecule has 0 heterocycles. The molecule has 11 heteroatoms. The van der Waals surface area contributed by atoms with Gasteiger partial charge in [-0.05, 0) is 18.8 Å². The molecule has 0 aliphatic rings. The third-order valence-electron chi connectivity index (χ3n) is 3.59. The summed E-state index contributed by atoms with van der Waals surface area (Å²) in [6, 6.07) is -3.59. The Hall–Kier alpha value is -2.69. The molecule has 11 nitrogen and oxygen atoms in total. The molecule has 0 bridgehead atoms. The monoisotopic (exact) mass is 374 g/mol. The normalized spacial score (nSPS) is 14.2. The molecule has 148 valence electrons. The quantitative estimate of drug-likeness (QED) is 0.228. The molecule has 0 aromatic rings. The molecule has 0 saturated heterocycles. The van der Waals surface area contributed by atoms with Crippen LogP contribution in [0.2, 0.25) is 0 Å². The highest BCUT2D eigenvalue weighted by Gasteiger charge is 2.29. The topological polar surface area (TPSA) is 202 Å². The Labute approximate surface area is 150 Å². The van der Waals surface area contributed by atoms with Crippen LogP contribution >= 0.6 is 0 Å². The Kier molecular flexibility index (Phi) is 9.89. The fourth-order valence-corrected chi connectivity index (χ4v) is 1.92. The van der Waals surface area contributed by atoms with Gasteiger partial charge < -0.3 is 32.3 Å². The highest BCUT2D eigenvalue weighted by molar-refractivity contribution is 5.92. The van der Waals surface area contributed by atoms with Gasteiger partial charge in [0.15, 0.2) is 0 Å². The number of aliphatic carboxylic acids is 2. The van der Waals surface area contributed by atoms with Crippen LogP contribution in [-0.2, 0) is 24.0 Å². The number of nitrogens with two attached hydrogens (primary N) is 2. The van der Waals surface area contributed by atoms with E-state index in [1.807, 2.05) is 0 Å². The molecule has 3 amide bonds. The van der Waals surface area contributed by atoms with Gasteiger partial charge in [0.2, 0.25) is 17.7 Å². The van der Waals surface area contributed by atoms with Crippen LogP contribution in [0.4, 0.5) is 0 Å². The van der Waals surface area contributed by atoms with Crippen LogP contribution in [0.15, 0.2) is 0 Å². The molecule has 0 aromatic carbocycles. The number of nitrogens with one attached hydrogen (secondary N) is 2. The van der Waals surface area contributed by atoms with Crippen molar-refractivity contribution < 1.29 is 34.2 Å². The van der Waals surface area contributed by atoms with Crippen molar-refractivity contribution in [3.8, 4) is 0 Å². The van der Waals surface area contributed by atoms with Crippen molar-refractivity contribution in [2.45, 2.75) is 57.7 Å². The first-order chi connectivity index (χ1) is 12.0. The summed E-state index contributed by atoms with van der Waals surface area (Å²) in [5.41, 5.74) is 10.7. The van der Waals surface area contributed by atoms with Gasteiger partial charge in [-0.2, -0.15) is 0 Å². The van der Waals surface area contributed by atoms with E-state index in [1.54, 1.807) is 13.8 Å². The summed E-state index contributed by atoms with van der Waals surface area (Å²) >= 11 is 0. The van der Waals surface area contributed by atoms with Gasteiger partial charge in [-0.1, -0.05) is 13.8 Å². The van der Waals surface area contributed by atoms with E-state index in [9.17, 15) is 24.0 Å². The minimum Gasteiger partial charge on any atom is -0.481 e. The standard InChI is InChI=1S/C15H26N4O7/c1-7(2)12(17)14(24)18-8(3-5-10(16)20)13(23)19-9(15(25)26)4-6-11(21)22/h7-9,12H,3-6,17H2,1-2H3,(H2,16,20)(H,18,24)(H,19,23)(H,21,22)(H,25,26)/t8-,9-,12-/m0/s1. The summed E-state index contributed by atoms with van der Waals surface area (Å²) in [5, 5.41) is 22.3. The maximum atomic E-state index is 12.3. The lowest BCUT2D eigenvalue weighted by Gasteiger charge is -2.23. The van der Waals surface area contributed by atoms with Crippen LogP contribution in [0.5, 0.6) is 0 Å². The van der Waals surface area contributed by atoms with E-state index in [-0.39, 0.29) is 25.2 Å². The summed E-state index contributed by atoms with van der Waals surface area (Å²) < 4.78 is 0. The molecular formula is C15H26N4O7. The average molecular weight is 374 g/mol. The van der Waals surface area contributed by atoms with Crippen molar-refractivity contribution in [1.29, 1.82) is 0 Å². The molecule has 0 spiro atoms. The van der Waals surface area contributed by atoms with Gasteiger partial charge in [-0.15, -0.1) is 0 Å². The third-order valence-corrected chi connectivity index (χ3v) is 3.59. The van der Waals surface area contributed by atoms with E-state index in [2.05, 4.69) is 10.6 Å². The number of primary amides is 1. The van der Waals surface area contributed by atoms with Gasteiger partial charge in [-0.3, -0.25) is 19.2 Å².